The predicted molar refractivity (Wildman–Crippen MR) is 91.2 cm³/mol. The van der Waals surface area contributed by atoms with Crippen molar-refractivity contribution in [3.63, 3.8) is 0 Å². The van der Waals surface area contributed by atoms with Gasteiger partial charge in [0.25, 0.3) is 0 Å². The van der Waals surface area contributed by atoms with Crippen molar-refractivity contribution in [2.75, 3.05) is 0 Å². The van der Waals surface area contributed by atoms with Crippen molar-refractivity contribution in [1.82, 2.24) is 10.3 Å². The number of carbonyl (C=O) groups is 1. The first kappa shape index (κ1) is 16.4. The summed E-state index contributed by atoms with van der Waals surface area (Å²) in [6.07, 6.45) is 0.196. The number of nitrogens with zero attached hydrogens (tertiary/aromatic N) is 1. The lowest BCUT2D eigenvalue weighted by molar-refractivity contribution is -0.121. The Balaban J connectivity index is 1.60. The molecule has 1 amide bonds. The molecule has 0 unspecified atom stereocenters. The number of aromatic nitrogens is 1. The van der Waals surface area contributed by atoms with E-state index in [2.05, 4.69) is 10.3 Å². The van der Waals surface area contributed by atoms with Gasteiger partial charge in [-0.15, -0.1) is 11.3 Å². The number of hydrogen-bond donors (Lipinski definition) is 1. The number of furan rings is 1. The summed E-state index contributed by atoms with van der Waals surface area (Å²) in [5.74, 6) is 1.12. The zero-order valence-electron chi connectivity index (χ0n) is 13.4. The molecule has 0 aliphatic rings. The summed E-state index contributed by atoms with van der Waals surface area (Å²) in [5.41, 5.74) is 1.56. The van der Waals surface area contributed by atoms with Crippen molar-refractivity contribution >= 4 is 17.2 Å². The highest BCUT2D eigenvalue weighted by atomic mass is 32.1. The Morgan fingerprint density at radius 2 is 2.04 bits per heavy atom. The maximum atomic E-state index is 12.9. The molecule has 0 aliphatic heterocycles. The van der Waals surface area contributed by atoms with E-state index < -0.39 is 0 Å². The molecule has 1 N–H and O–H groups in total. The van der Waals surface area contributed by atoms with E-state index in [0.29, 0.717) is 11.5 Å². The van der Waals surface area contributed by atoms with E-state index in [0.717, 1.165) is 16.3 Å². The van der Waals surface area contributed by atoms with Gasteiger partial charge in [-0.05, 0) is 43.7 Å². The molecule has 0 saturated heterocycles. The average molecular weight is 344 g/mol. The van der Waals surface area contributed by atoms with Gasteiger partial charge in [0.05, 0.1) is 18.2 Å². The Hall–Kier alpha value is -2.47. The minimum Gasteiger partial charge on any atom is -0.459 e. The van der Waals surface area contributed by atoms with Crippen LogP contribution < -0.4 is 5.32 Å². The monoisotopic (exact) mass is 344 g/mol. The van der Waals surface area contributed by atoms with Crippen LogP contribution in [0.15, 0.2) is 46.2 Å². The molecule has 124 valence electrons. The Morgan fingerprint density at radius 1 is 1.29 bits per heavy atom. The highest BCUT2D eigenvalue weighted by molar-refractivity contribution is 7.13. The lowest BCUT2D eigenvalue weighted by Gasteiger charge is -2.13. The Kier molecular flexibility index (Phi) is 4.76. The summed E-state index contributed by atoms with van der Waals surface area (Å²) in [6.45, 7) is 3.74. The van der Waals surface area contributed by atoms with Crippen LogP contribution >= 0.6 is 11.3 Å². The summed E-state index contributed by atoms with van der Waals surface area (Å²) in [7, 11) is 0. The van der Waals surface area contributed by atoms with Crippen LogP contribution in [0.2, 0.25) is 0 Å². The molecule has 0 saturated carbocycles. The van der Waals surface area contributed by atoms with Gasteiger partial charge in [-0.1, -0.05) is 12.1 Å². The number of amides is 1. The fourth-order valence-electron chi connectivity index (χ4n) is 2.34. The normalized spacial score (nSPS) is 12.1. The van der Waals surface area contributed by atoms with E-state index in [4.69, 9.17) is 4.42 Å². The van der Waals surface area contributed by atoms with Crippen molar-refractivity contribution in [2.45, 2.75) is 26.3 Å². The second-order valence-electron chi connectivity index (χ2n) is 5.57. The third-order valence-corrected chi connectivity index (χ3v) is 4.50. The highest BCUT2D eigenvalue weighted by Crippen LogP contribution is 2.25. The maximum Gasteiger partial charge on any atom is 0.226 e. The van der Waals surface area contributed by atoms with Gasteiger partial charge in [0.1, 0.15) is 11.6 Å². The molecule has 1 aromatic carbocycles. The van der Waals surface area contributed by atoms with E-state index in [9.17, 15) is 9.18 Å². The molecular weight excluding hydrogens is 327 g/mol. The highest BCUT2D eigenvalue weighted by Gasteiger charge is 2.14. The fourth-order valence-corrected chi connectivity index (χ4v) is 3.12. The van der Waals surface area contributed by atoms with Crippen molar-refractivity contribution in [3.05, 3.63) is 64.6 Å². The molecular formula is C18H17FN2O2S. The fraction of sp³-hybridized carbons (Fsp3) is 0.222. The zero-order chi connectivity index (χ0) is 17.1. The van der Waals surface area contributed by atoms with E-state index in [1.165, 1.54) is 23.5 Å². The number of benzene rings is 1. The van der Waals surface area contributed by atoms with Gasteiger partial charge in [-0.25, -0.2) is 9.37 Å². The first-order valence-electron chi connectivity index (χ1n) is 7.57. The van der Waals surface area contributed by atoms with E-state index in [-0.39, 0.29) is 24.2 Å². The number of carbonyl (C=O) groups excluding carboxylic acids is 1. The van der Waals surface area contributed by atoms with Crippen LogP contribution in [0.3, 0.4) is 0 Å². The number of aryl methyl sites for hydroxylation is 1. The molecule has 24 heavy (non-hydrogen) atoms. The van der Waals surface area contributed by atoms with E-state index in [1.807, 2.05) is 31.4 Å². The maximum absolute atomic E-state index is 12.9. The van der Waals surface area contributed by atoms with Gasteiger partial charge in [-0.3, -0.25) is 4.79 Å². The SMILES string of the molecule is Cc1ccc(-c2nc(CC(=O)N[C@@H](C)c3ccc(F)cc3)cs2)o1. The number of hydrogen-bond acceptors (Lipinski definition) is 4. The van der Waals surface area contributed by atoms with Crippen molar-refractivity contribution in [2.24, 2.45) is 0 Å². The van der Waals surface area contributed by atoms with Crippen LogP contribution in [0.1, 0.15) is 30.0 Å². The summed E-state index contributed by atoms with van der Waals surface area (Å²) in [6, 6.07) is 9.67. The molecule has 3 rings (SSSR count). The minimum absolute atomic E-state index is 0.126. The quantitative estimate of drug-likeness (QED) is 0.752. The smallest absolute Gasteiger partial charge is 0.226 e. The summed E-state index contributed by atoms with van der Waals surface area (Å²) in [4.78, 5) is 16.6. The van der Waals surface area contributed by atoms with Crippen molar-refractivity contribution in [3.8, 4) is 10.8 Å². The molecule has 0 fully saturated rings. The van der Waals surface area contributed by atoms with E-state index >= 15 is 0 Å². The molecule has 0 bridgehead atoms. The lowest BCUT2D eigenvalue weighted by atomic mass is 10.1. The summed E-state index contributed by atoms with van der Waals surface area (Å²) < 4.78 is 18.5. The second-order valence-corrected chi connectivity index (χ2v) is 6.43. The van der Waals surface area contributed by atoms with Gasteiger partial charge in [0, 0.05) is 5.38 Å². The minimum atomic E-state index is -0.291. The lowest BCUT2D eigenvalue weighted by Crippen LogP contribution is -2.28. The van der Waals surface area contributed by atoms with Crippen LogP contribution in [0, 0.1) is 12.7 Å². The largest absolute Gasteiger partial charge is 0.459 e. The molecule has 6 heteroatoms. The summed E-state index contributed by atoms with van der Waals surface area (Å²) in [5, 5.41) is 5.52. The van der Waals surface area contributed by atoms with Crippen molar-refractivity contribution in [1.29, 1.82) is 0 Å². The number of nitrogens with one attached hydrogen (secondary N) is 1. The average Bonchev–Trinajstić information content (AvgIpc) is 3.16. The van der Waals surface area contributed by atoms with Crippen LogP contribution in [0.25, 0.3) is 10.8 Å². The topological polar surface area (TPSA) is 55.1 Å². The first-order valence-corrected chi connectivity index (χ1v) is 8.45. The molecule has 1 atom stereocenters. The Bertz CT molecular complexity index is 839. The summed E-state index contributed by atoms with van der Waals surface area (Å²) >= 11 is 1.45. The molecule has 2 heterocycles. The molecule has 0 aliphatic carbocycles. The molecule has 0 spiro atoms. The molecule has 4 nitrogen and oxygen atoms in total. The third kappa shape index (κ3) is 3.89. The van der Waals surface area contributed by atoms with Crippen LogP contribution in [-0.4, -0.2) is 10.9 Å². The van der Waals surface area contributed by atoms with Crippen LogP contribution in [0.4, 0.5) is 4.39 Å². The van der Waals surface area contributed by atoms with Crippen molar-refractivity contribution < 1.29 is 13.6 Å². The number of rotatable bonds is 5. The standard InChI is InChI=1S/C18H17FN2O2S/c1-11-3-8-16(23-11)18-21-15(10-24-18)9-17(22)20-12(2)13-4-6-14(19)7-5-13/h3-8,10,12H,9H2,1-2H3,(H,20,22)/t12-/m0/s1. The third-order valence-electron chi connectivity index (χ3n) is 3.59. The van der Waals surface area contributed by atoms with Gasteiger partial charge >= 0.3 is 0 Å². The molecule has 0 radical (unpaired) electrons. The first-order chi connectivity index (χ1) is 11.5. The van der Waals surface area contributed by atoms with Gasteiger partial charge < -0.3 is 9.73 Å². The van der Waals surface area contributed by atoms with Gasteiger partial charge in [-0.2, -0.15) is 0 Å². The Morgan fingerprint density at radius 3 is 2.71 bits per heavy atom. The zero-order valence-corrected chi connectivity index (χ0v) is 14.2. The van der Waals surface area contributed by atoms with Gasteiger partial charge in [0.2, 0.25) is 5.91 Å². The van der Waals surface area contributed by atoms with Crippen LogP contribution in [0.5, 0.6) is 0 Å². The second kappa shape index (κ2) is 6.97. The molecule has 2 aromatic heterocycles. The molecule has 3 aromatic rings. The van der Waals surface area contributed by atoms with Gasteiger partial charge in [0.15, 0.2) is 10.8 Å². The van der Waals surface area contributed by atoms with E-state index in [1.54, 1.807) is 12.1 Å². The number of thiazole rings is 1. The number of halogens is 1. The predicted octanol–water partition coefficient (Wildman–Crippen LogP) is 4.27. The van der Waals surface area contributed by atoms with Crippen LogP contribution in [-0.2, 0) is 11.2 Å². The Labute approximate surface area is 143 Å².